The number of carbonyl (C=O) groups excluding carboxylic acids is 1. The highest BCUT2D eigenvalue weighted by molar-refractivity contribution is 6.17. The molecule has 0 bridgehead atoms. The predicted molar refractivity (Wildman–Crippen MR) is 72.1 cm³/mol. The van der Waals surface area contributed by atoms with Gasteiger partial charge in [0.05, 0.1) is 0 Å². The van der Waals surface area contributed by atoms with Crippen molar-refractivity contribution in [1.29, 1.82) is 5.26 Å². The maximum atomic E-state index is 12.9. The van der Waals surface area contributed by atoms with E-state index in [0.717, 1.165) is 0 Å². The molecule has 0 aliphatic rings. The minimum Gasteiger partial charge on any atom is -0.360 e. The smallest absolute Gasteiger partial charge is 0.263 e. The van der Waals surface area contributed by atoms with Crippen molar-refractivity contribution in [1.82, 2.24) is 5.32 Å². The Morgan fingerprint density at radius 2 is 2.32 bits per heavy atom. The monoisotopic (exact) mass is 281 g/mol. The third-order valence-corrected chi connectivity index (χ3v) is 2.44. The van der Waals surface area contributed by atoms with E-state index < -0.39 is 11.7 Å². The van der Waals surface area contributed by atoms with Gasteiger partial charge in [-0.2, -0.15) is 5.26 Å². The zero-order valence-corrected chi connectivity index (χ0v) is 10.9. The van der Waals surface area contributed by atoms with Gasteiger partial charge < -0.3 is 10.6 Å². The van der Waals surface area contributed by atoms with Crippen molar-refractivity contribution >= 4 is 23.2 Å². The summed E-state index contributed by atoms with van der Waals surface area (Å²) in [6.45, 7) is 0.404. The molecule has 4 nitrogen and oxygen atoms in total. The molecular weight excluding hydrogens is 269 g/mol. The molecule has 1 amide bonds. The van der Waals surface area contributed by atoms with Crippen LogP contribution >= 0.6 is 11.6 Å². The first-order valence-corrected chi connectivity index (χ1v) is 6.17. The van der Waals surface area contributed by atoms with Crippen LogP contribution in [0.25, 0.3) is 0 Å². The maximum Gasteiger partial charge on any atom is 0.263 e. The molecule has 19 heavy (non-hydrogen) atoms. The zero-order chi connectivity index (χ0) is 14.1. The molecule has 100 valence electrons. The lowest BCUT2D eigenvalue weighted by molar-refractivity contribution is -0.117. The molecule has 0 aliphatic carbocycles. The number of anilines is 1. The molecule has 1 aromatic rings. The van der Waals surface area contributed by atoms with Gasteiger partial charge in [0.1, 0.15) is 17.5 Å². The molecule has 0 aromatic heterocycles. The third-order valence-electron chi connectivity index (χ3n) is 2.17. The lowest BCUT2D eigenvalue weighted by Gasteiger charge is -2.04. The lowest BCUT2D eigenvalue weighted by atomic mass is 10.2. The molecule has 1 aromatic carbocycles. The molecule has 0 radical (unpaired) electrons. The van der Waals surface area contributed by atoms with E-state index in [1.54, 1.807) is 12.1 Å². The minimum absolute atomic E-state index is 0.0844. The highest BCUT2D eigenvalue weighted by Gasteiger charge is 2.07. The molecule has 0 atom stereocenters. The summed E-state index contributed by atoms with van der Waals surface area (Å²) in [6.07, 6.45) is 1.87. The Bertz CT molecular complexity index is 511. The number of nitriles is 1. The molecular formula is C13H13ClFN3O. The van der Waals surface area contributed by atoms with Crippen molar-refractivity contribution in [3.63, 3.8) is 0 Å². The highest BCUT2D eigenvalue weighted by atomic mass is 35.5. The Morgan fingerprint density at radius 1 is 1.53 bits per heavy atom. The van der Waals surface area contributed by atoms with Gasteiger partial charge in [0.25, 0.3) is 5.91 Å². The average molecular weight is 282 g/mol. The van der Waals surface area contributed by atoms with Crippen LogP contribution in [0.3, 0.4) is 0 Å². The van der Waals surface area contributed by atoms with Crippen LogP contribution in [0.1, 0.15) is 6.42 Å². The number of nitrogens with zero attached hydrogens (tertiary/aromatic N) is 1. The van der Waals surface area contributed by atoms with E-state index >= 15 is 0 Å². The number of amides is 1. The first-order chi connectivity index (χ1) is 9.17. The Hall–Kier alpha value is -2.06. The fourth-order valence-electron chi connectivity index (χ4n) is 1.25. The van der Waals surface area contributed by atoms with Crippen LogP contribution < -0.4 is 10.6 Å². The van der Waals surface area contributed by atoms with Crippen molar-refractivity contribution in [2.75, 3.05) is 17.7 Å². The van der Waals surface area contributed by atoms with Crippen LogP contribution in [-0.2, 0) is 4.79 Å². The first kappa shape index (κ1) is 15.0. The molecule has 0 aliphatic heterocycles. The quantitative estimate of drug-likeness (QED) is 0.364. The number of nitrogens with one attached hydrogen (secondary N) is 2. The summed E-state index contributed by atoms with van der Waals surface area (Å²) in [5.74, 6) is -0.451. The van der Waals surface area contributed by atoms with E-state index in [2.05, 4.69) is 10.6 Å². The number of halogens is 2. The van der Waals surface area contributed by atoms with Crippen LogP contribution in [0.2, 0.25) is 0 Å². The molecule has 0 fully saturated rings. The van der Waals surface area contributed by atoms with Gasteiger partial charge >= 0.3 is 0 Å². The zero-order valence-electron chi connectivity index (χ0n) is 10.1. The Labute approximate surface area is 115 Å². The molecule has 0 heterocycles. The number of carbonyl (C=O) groups is 1. The van der Waals surface area contributed by atoms with Crippen molar-refractivity contribution in [2.24, 2.45) is 0 Å². The second kappa shape index (κ2) is 8.11. The number of hydrogen-bond donors (Lipinski definition) is 2. The fraction of sp³-hybridized carbons (Fsp3) is 0.231. The van der Waals surface area contributed by atoms with E-state index in [9.17, 15) is 9.18 Å². The second-order valence-electron chi connectivity index (χ2n) is 3.62. The summed E-state index contributed by atoms with van der Waals surface area (Å²) in [7, 11) is 0. The van der Waals surface area contributed by atoms with Crippen LogP contribution in [-0.4, -0.2) is 18.3 Å². The van der Waals surface area contributed by atoms with Gasteiger partial charge in [-0.25, -0.2) is 4.39 Å². The lowest BCUT2D eigenvalue weighted by Crippen LogP contribution is -2.26. The average Bonchev–Trinajstić information content (AvgIpc) is 2.40. The van der Waals surface area contributed by atoms with Gasteiger partial charge in [-0.05, 0) is 24.6 Å². The predicted octanol–water partition coefficient (Wildman–Crippen LogP) is 2.39. The molecule has 0 saturated carbocycles. The van der Waals surface area contributed by atoms with E-state index in [1.165, 1.54) is 24.4 Å². The third kappa shape index (κ3) is 5.40. The number of hydrogen-bond acceptors (Lipinski definition) is 3. The Kier molecular flexibility index (Phi) is 6.41. The van der Waals surface area contributed by atoms with Gasteiger partial charge in [0.15, 0.2) is 0 Å². The van der Waals surface area contributed by atoms with Gasteiger partial charge in [-0.15, -0.1) is 11.6 Å². The van der Waals surface area contributed by atoms with Gasteiger partial charge in [-0.1, -0.05) is 6.07 Å². The largest absolute Gasteiger partial charge is 0.360 e. The van der Waals surface area contributed by atoms with Crippen molar-refractivity contribution in [3.8, 4) is 6.07 Å². The van der Waals surface area contributed by atoms with Crippen LogP contribution in [0.4, 0.5) is 10.1 Å². The molecule has 6 heteroatoms. The highest BCUT2D eigenvalue weighted by Crippen LogP contribution is 2.09. The Morgan fingerprint density at radius 3 is 2.95 bits per heavy atom. The van der Waals surface area contributed by atoms with Crippen LogP contribution in [0, 0.1) is 17.1 Å². The maximum absolute atomic E-state index is 12.9. The molecule has 2 N–H and O–H groups in total. The molecule has 0 spiro atoms. The van der Waals surface area contributed by atoms with Gasteiger partial charge in [-0.3, -0.25) is 4.79 Å². The summed E-state index contributed by atoms with van der Waals surface area (Å²) in [6, 6.07) is 7.49. The van der Waals surface area contributed by atoms with Crippen molar-refractivity contribution in [3.05, 3.63) is 41.9 Å². The number of alkyl halides is 1. The van der Waals surface area contributed by atoms with Gasteiger partial charge in [0.2, 0.25) is 0 Å². The molecule has 0 saturated heterocycles. The summed E-state index contributed by atoms with van der Waals surface area (Å²) in [5, 5.41) is 14.1. The normalized spacial score (nSPS) is 10.7. The van der Waals surface area contributed by atoms with Crippen molar-refractivity contribution in [2.45, 2.75) is 6.42 Å². The Balaban J connectivity index is 2.62. The minimum atomic E-state index is -0.489. The van der Waals surface area contributed by atoms with Crippen LogP contribution in [0.5, 0.6) is 0 Å². The summed E-state index contributed by atoms with van der Waals surface area (Å²) in [4.78, 5) is 11.6. The molecule has 0 unspecified atom stereocenters. The van der Waals surface area contributed by atoms with Crippen molar-refractivity contribution < 1.29 is 9.18 Å². The van der Waals surface area contributed by atoms with E-state index in [1.807, 2.05) is 0 Å². The van der Waals surface area contributed by atoms with Crippen LogP contribution in [0.15, 0.2) is 36.0 Å². The topological polar surface area (TPSA) is 64.9 Å². The fourth-order valence-corrected chi connectivity index (χ4v) is 1.38. The number of rotatable bonds is 6. The van der Waals surface area contributed by atoms with E-state index in [4.69, 9.17) is 16.9 Å². The number of benzene rings is 1. The SMILES string of the molecule is N#C/C(=C/Nc1cccc(F)c1)C(=O)NCCCCl. The van der Waals surface area contributed by atoms with E-state index in [0.29, 0.717) is 24.5 Å². The summed E-state index contributed by atoms with van der Waals surface area (Å²) < 4.78 is 12.9. The first-order valence-electron chi connectivity index (χ1n) is 5.64. The summed E-state index contributed by atoms with van der Waals surface area (Å²) >= 11 is 5.48. The van der Waals surface area contributed by atoms with Gasteiger partial charge in [0, 0.05) is 24.3 Å². The van der Waals surface area contributed by atoms with E-state index in [-0.39, 0.29) is 5.57 Å². The second-order valence-corrected chi connectivity index (χ2v) is 4.00. The standard InChI is InChI=1S/C13H13ClFN3O/c14-5-2-6-17-13(19)10(8-16)9-18-12-4-1-3-11(15)7-12/h1,3-4,7,9,18H,2,5-6H2,(H,17,19)/b10-9-. The summed E-state index contributed by atoms with van der Waals surface area (Å²) in [5.41, 5.74) is 0.375. The molecule has 1 rings (SSSR count).